The number of nitrogens with zero attached hydrogens (tertiary/aromatic N) is 4. The van der Waals surface area contributed by atoms with Gasteiger partial charge in [-0.25, -0.2) is 14.8 Å². The molecule has 3 aromatic rings. The van der Waals surface area contributed by atoms with Gasteiger partial charge in [0.1, 0.15) is 11.6 Å². The van der Waals surface area contributed by atoms with Gasteiger partial charge in [-0.1, -0.05) is 42.5 Å². The molecule has 0 atom stereocenters. The molecular weight excluding hydrogens is 426 g/mol. The molecule has 0 unspecified atom stereocenters. The fourth-order valence-corrected chi connectivity index (χ4v) is 4.70. The first-order valence-corrected chi connectivity index (χ1v) is 12.2. The van der Waals surface area contributed by atoms with Crippen LogP contribution < -0.4 is 15.0 Å². The van der Waals surface area contributed by atoms with Crippen molar-refractivity contribution in [1.29, 1.82) is 0 Å². The number of rotatable bonds is 5. The Morgan fingerprint density at radius 2 is 1.74 bits per heavy atom. The molecule has 5 rings (SSSR count). The van der Waals surface area contributed by atoms with Crippen molar-refractivity contribution in [2.45, 2.75) is 39.2 Å². The number of piperidine rings is 1. The van der Waals surface area contributed by atoms with Crippen molar-refractivity contribution >= 4 is 17.5 Å². The minimum atomic E-state index is -0.130. The molecule has 0 aliphatic carbocycles. The zero-order valence-corrected chi connectivity index (χ0v) is 19.7. The van der Waals surface area contributed by atoms with Crippen LogP contribution in [0.1, 0.15) is 37.4 Å². The van der Waals surface area contributed by atoms with E-state index in [-0.39, 0.29) is 6.03 Å². The number of fused-ring (bicyclic) bond motifs is 1. The Bertz CT molecular complexity index is 1150. The summed E-state index contributed by atoms with van der Waals surface area (Å²) in [5.41, 5.74) is 3.83. The predicted octanol–water partition coefficient (Wildman–Crippen LogP) is 5.12. The summed E-state index contributed by atoms with van der Waals surface area (Å²) in [5.74, 6) is 2.43. The van der Waals surface area contributed by atoms with Gasteiger partial charge in [-0.05, 0) is 38.3 Å². The summed E-state index contributed by atoms with van der Waals surface area (Å²) in [6, 6.07) is 17.6. The smallest absolute Gasteiger partial charge is 0.322 e. The lowest BCUT2D eigenvalue weighted by molar-refractivity contribution is 0.205. The van der Waals surface area contributed by atoms with E-state index in [4.69, 9.17) is 14.7 Å². The number of hydrogen-bond acceptors (Lipinski definition) is 5. The zero-order chi connectivity index (χ0) is 23.3. The van der Waals surface area contributed by atoms with Crippen LogP contribution in [0.2, 0.25) is 0 Å². The molecule has 2 aliphatic heterocycles. The van der Waals surface area contributed by atoms with Crippen LogP contribution in [0.5, 0.6) is 5.75 Å². The Kier molecular flexibility index (Phi) is 6.60. The molecule has 1 N–H and O–H groups in total. The van der Waals surface area contributed by atoms with E-state index < -0.39 is 0 Å². The molecule has 7 nitrogen and oxygen atoms in total. The first-order chi connectivity index (χ1) is 16.7. The second-order valence-corrected chi connectivity index (χ2v) is 8.74. The van der Waals surface area contributed by atoms with Gasteiger partial charge in [0.05, 0.1) is 24.5 Å². The molecule has 2 aromatic carbocycles. The third-order valence-corrected chi connectivity index (χ3v) is 6.44. The van der Waals surface area contributed by atoms with Gasteiger partial charge in [0.2, 0.25) is 0 Å². The van der Waals surface area contributed by atoms with Crippen molar-refractivity contribution in [3.8, 4) is 17.1 Å². The quantitative estimate of drug-likeness (QED) is 0.576. The fraction of sp³-hybridized carbons (Fsp3) is 0.370. The fourth-order valence-electron chi connectivity index (χ4n) is 4.70. The van der Waals surface area contributed by atoms with Crippen molar-refractivity contribution in [2.75, 3.05) is 36.5 Å². The van der Waals surface area contributed by atoms with E-state index >= 15 is 0 Å². The summed E-state index contributed by atoms with van der Waals surface area (Å²) in [6.07, 6.45) is 4.29. The molecule has 0 bridgehead atoms. The van der Waals surface area contributed by atoms with E-state index in [2.05, 4.69) is 22.3 Å². The summed E-state index contributed by atoms with van der Waals surface area (Å²) < 4.78 is 5.68. The van der Waals surface area contributed by atoms with Crippen LogP contribution in [0.3, 0.4) is 0 Å². The Morgan fingerprint density at radius 1 is 0.971 bits per heavy atom. The van der Waals surface area contributed by atoms with Crippen LogP contribution in [-0.4, -0.2) is 47.1 Å². The molecule has 2 amide bonds. The highest BCUT2D eigenvalue weighted by Crippen LogP contribution is 2.32. The van der Waals surface area contributed by atoms with Crippen LogP contribution in [0.15, 0.2) is 54.6 Å². The maximum absolute atomic E-state index is 13.2. The second-order valence-electron chi connectivity index (χ2n) is 8.74. The van der Waals surface area contributed by atoms with Crippen LogP contribution in [0.25, 0.3) is 11.4 Å². The highest BCUT2D eigenvalue weighted by atomic mass is 16.5. The van der Waals surface area contributed by atoms with Crippen LogP contribution in [0.4, 0.5) is 16.3 Å². The highest BCUT2D eigenvalue weighted by Gasteiger charge is 2.28. The molecule has 0 spiro atoms. The van der Waals surface area contributed by atoms with Crippen LogP contribution in [-0.2, 0) is 13.0 Å². The van der Waals surface area contributed by atoms with Gasteiger partial charge in [0.25, 0.3) is 0 Å². The Labute approximate surface area is 200 Å². The number of aromatic nitrogens is 2. The van der Waals surface area contributed by atoms with Crippen molar-refractivity contribution in [1.82, 2.24) is 14.9 Å². The molecule has 2 aliphatic rings. The Hall–Kier alpha value is -3.61. The Morgan fingerprint density at radius 3 is 2.53 bits per heavy atom. The second kappa shape index (κ2) is 10.1. The number of carbonyl (C=O) groups excluding carboxylic acids is 1. The number of urea groups is 1. The molecule has 0 radical (unpaired) electrons. The minimum Gasteiger partial charge on any atom is -0.492 e. The molecule has 1 aromatic heterocycles. The molecule has 176 valence electrons. The van der Waals surface area contributed by atoms with E-state index in [9.17, 15) is 4.79 Å². The molecule has 34 heavy (non-hydrogen) atoms. The number of anilines is 2. The van der Waals surface area contributed by atoms with Gasteiger partial charge in [-0.2, -0.15) is 0 Å². The molecule has 1 saturated heterocycles. The SMILES string of the molecule is CCOc1ccccc1NC(=O)N1CCc2nc(-c3ccccc3)nc(N3CCCCC3)c2C1. The van der Waals surface area contributed by atoms with Crippen molar-refractivity contribution < 1.29 is 9.53 Å². The van der Waals surface area contributed by atoms with Crippen molar-refractivity contribution in [3.05, 3.63) is 65.9 Å². The first kappa shape index (κ1) is 22.2. The lowest BCUT2D eigenvalue weighted by atomic mass is 10.0. The summed E-state index contributed by atoms with van der Waals surface area (Å²) in [5, 5.41) is 3.04. The molecule has 0 saturated carbocycles. The van der Waals surface area contributed by atoms with E-state index in [0.717, 1.165) is 54.4 Å². The summed E-state index contributed by atoms with van der Waals surface area (Å²) >= 11 is 0. The average molecular weight is 458 g/mol. The van der Waals surface area contributed by atoms with Crippen molar-refractivity contribution in [2.24, 2.45) is 0 Å². The number of benzene rings is 2. The van der Waals surface area contributed by atoms with E-state index in [1.54, 1.807) is 0 Å². The lowest BCUT2D eigenvalue weighted by Crippen LogP contribution is -2.41. The summed E-state index contributed by atoms with van der Waals surface area (Å²) in [6.45, 7) is 5.58. The van der Waals surface area contributed by atoms with Crippen LogP contribution >= 0.6 is 0 Å². The maximum atomic E-state index is 13.2. The molecular formula is C27H31N5O2. The van der Waals surface area contributed by atoms with Gasteiger partial charge < -0.3 is 19.9 Å². The molecule has 1 fully saturated rings. The molecule has 3 heterocycles. The summed E-state index contributed by atoms with van der Waals surface area (Å²) in [7, 11) is 0. The van der Waals surface area contributed by atoms with Gasteiger partial charge in [0, 0.05) is 37.2 Å². The number of ether oxygens (including phenoxy) is 1. The van der Waals surface area contributed by atoms with E-state index in [1.165, 1.54) is 6.42 Å². The number of nitrogens with one attached hydrogen (secondary N) is 1. The van der Waals surface area contributed by atoms with Crippen LogP contribution in [0, 0.1) is 0 Å². The number of para-hydroxylation sites is 2. The first-order valence-electron chi connectivity index (χ1n) is 12.2. The standard InChI is InChI=1S/C27H31N5O2/c1-2-34-24-14-8-7-13-23(24)29-27(33)32-18-15-22-21(19-32)26(31-16-9-4-10-17-31)30-25(28-22)20-11-5-3-6-12-20/h3,5-8,11-14H,2,4,9-10,15-19H2,1H3,(H,29,33). The van der Waals surface area contributed by atoms with Gasteiger partial charge in [-0.15, -0.1) is 0 Å². The maximum Gasteiger partial charge on any atom is 0.322 e. The van der Waals surface area contributed by atoms with Gasteiger partial charge in [-0.3, -0.25) is 0 Å². The number of carbonyl (C=O) groups is 1. The van der Waals surface area contributed by atoms with Crippen molar-refractivity contribution in [3.63, 3.8) is 0 Å². The highest BCUT2D eigenvalue weighted by molar-refractivity contribution is 5.91. The van der Waals surface area contributed by atoms with E-state index in [0.29, 0.717) is 37.6 Å². The third kappa shape index (κ3) is 4.69. The minimum absolute atomic E-state index is 0.130. The zero-order valence-electron chi connectivity index (χ0n) is 19.7. The largest absolute Gasteiger partial charge is 0.492 e. The van der Waals surface area contributed by atoms with Gasteiger partial charge >= 0.3 is 6.03 Å². The lowest BCUT2D eigenvalue weighted by Gasteiger charge is -2.34. The Balaban J connectivity index is 1.43. The topological polar surface area (TPSA) is 70.6 Å². The van der Waals surface area contributed by atoms with Gasteiger partial charge in [0.15, 0.2) is 5.82 Å². The van der Waals surface area contributed by atoms with E-state index in [1.807, 2.05) is 54.3 Å². The normalized spacial score (nSPS) is 15.6. The predicted molar refractivity (Wildman–Crippen MR) is 134 cm³/mol. The number of hydrogen-bond donors (Lipinski definition) is 1. The summed E-state index contributed by atoms with van der Waals surface area (Å²) in [4.78, 5) is 27.4. The average Bonchev–Trinajstić information content (AvgIpc) is 2.90. The monoisotopic (exact) mass is 457 g/mol. The number of amides is 2. The third-order valence-electron chi connectivity index (χ3n) is 6.44. The molecule has 7 heteroatoms.